The van der Waals surface area contributed by atoms with Crippen LogP contribution in [0.3, 0.4) is 0 Å². The summed E-state index contributed by atoms with van der Waals surface area (Å²) in [6, 6.07) is 15.1. The Labute approximate surface area is 205 Å². The molecule has 33 heavy (non-hydrogen) atoms. The van der Waals surface area contributed by atoms with Crippen molar-refractivity contribution in [1.82, 2.24) is 10.3 Å². The second-order valence-corrected chi connectivity index (χ2v) is 9.06. The normalized spacial score (nSPS) is 10.8. The average molecular weight is 524 g/mol. The first-order chi connectivity index (χ1) is 15.7. The lowest BCUT2D eigenvalue weighted by molar-refractivity contribution is 0.0974. The number of anilines is 1. The van der Waals surface area contributed by atoms with E-state index in [2.05, 4.69) is 37.6 Å². The number of nitrogens with one attached hydrogen (secondary N) is 2. The zero-order valence-corrected chi connectivity index (χ0v) is 21.0. The van der Waals surface area contributed by atoms with Crippen LogP contribution in [0.25, 0.3) is 22.6 Å². The quantitative estimate of drug-likeness (QED) is 0.305. The molecule has 0 unspecified atom stereocenters. The standard InChI is InChI=1S/C25H22BrN3O3S/c1-13-9-14(2)22-20(10-13)28-24(32-22)16-5-7-18(8-6-16)27-25(33)29-23(30)19-12-17(26)11-15(3)21(19)31-4/h5-12H,1-4H3,(H2,27,29,30,33). The van der Waals surface area contributed by atoms with Gasteiger partial charge in [0.2, 0.25) is 5.89 Å². The Bertz CT molecular complexity index is 1380. The summed E-state index contributed by atoms with van der Waals surface area (Å²) in [6.07, 6.45) is 0. The number of ether oxygens (including phenoxy) is 1. The Morgan fingerprint density at radius 1 is 1.06 bits per heavy atom. The van der Waals surface area contributed by atoms with Crippen molar-refractivity contribution < 1.29 is 13.9 Å². The van der Waals surface area contributed by atoms with Gasteiger partial charge < -0.3 is 14.5 Å². The van der Waals surface area contributed by atoms with E-state index in [1.54, 1.807) is 6.07 Å². The SMILES string of the molecule is COc1c(C)cc(Br)cc1C(=O)NC(=S)Nc1ccc(-c2nc3cc(C)cc(C)c3o2)cc1. The molecule has 1 amide bonds. The maximum atomic E-state index is 12.7. The first-order valence-corrected chi connectivity index (χ1v) is 11.4. The fourth-order valence-electron chi connectivity index (χ4n) is 3.70. The first kappa shape index (κ1) is 22.9. The van der Waals surface area contributed by atoms with E-state index in [-0.39, 0.29) is 11.0 Å². The van der Waals surface area contributed by atoms with Crippen molar-refractivity contribution >= 4 is 56.0 Å². The first-order valence-electron chi connectivity index (χ1n) is 10.2. The van der Waals surface area contributed by atoms with Gasteiger partial charge in [-0.25, -0.2) is 4.98 Å². The smallest absolute Gasteiger partial charge is 0.261 e. The second kappa shape index (κ2) is 9.33. The van der Waals surface area contributed by atoms with Gasteiger partial charge in [-0.1, -0.05) is 22.0 Å². The Kier molecular flexibility index (Phi) is 6.49. The minimum atomic E-state index is -0.359. The number of methoxy groups -OCH3 is 1. The molecule has 0 aliphatic rings. The molecule has 2 N–H and O–H groups in total. The van der Waals surface area contributed by atoms with E-state index in [0.717, 1.165) is 43.5 Å². The lowest BCUT2D eigenvalue weighted by Crippen LogP contribution is -2.34. The molecule has 3 aromatic carbocycles. The van der Waals surface area contributed by atoms with E-state index < -0.39 is 0 Å². The molecule has 0 saturated carbocycles. The maximum Gasteiger partial charge on any atom is 0.261 e. The highest BCUT2D eigenvalue weighted by atomic mass is 79.9. The summed E-state index contributed by atoms with van der Waals surface area (Å²) in [5.41, 5.74) is 6.64. The summed E-state index contributed by atoms with van der Waals surface area (Å²) in [7, 11) is 1.53. The fraction of sp³-hybridized carbons (Fsp3) is 0.160. The van der Waals surface area contributed by atoms with Gasteiger partial charge in [0.15, 0.2) is 10.7 Å². The number of amides is 1. The van der Waals surface area contributed by atoms with E-state index >= 15 is 0 Å². The van der Waals surface area contributed by atoms with Crippen LogP contribution in [0.5, 0.6) is 5.75 Å². The number of fused-ring (bicyclic) bond motifs is 1. The van der Waals surface area contributed by atoms with Crippen LogP contribution in [-0.4, -0.2) is 23.1 Å². The maximum absolute atomic E-state index is 12.7. The van der Waals surface area contributed by atoms with Gasteiger partial charge in [0.05, 0.1) is 12.7 Å². The zero-order valence-electron chi connectivity index (χ0n) is 18.6. The molecule has 1 aromatic heterocycles. The van der Waals surface area contributed by atoms with Crippen LogP contribution < -0.4 is 15.4 Å². The number of carbonyl (C=O) groups is 1. The van der Waals surface area contributed by atoms with E-state index in [9.17, 15) is 4.79 Å². The van der Waals surface area contributed by atoms with Crippen LogP contribution >= 0.6 is 28.1 Å². The molecule has 0 saturated heterocycles. The minimum absolute atomic E-state index is 0.181. The monoisotopic (exact) mass is 523 g/mol. The van der Waals surface area contributed by atoms with Crippen molar-refractivity contribution in [2.75, 3.05) is 12.4 Å². The van der Waals surface area contributed by atoms with Gasteiger partial charge in [0.1, 0.15) is 11.3 Å². The number of thiocarbonyl (C=S) groups is 1. The third-order valence-corrected chi connectivity index (χ3v) is 5.79. The lowest BCUT2D eigenvalue weighted by Gasteiger charge is -2.14. The number of hydrogen-bond donors (Lipinski definition) is 2. The molecule has 4 rings (SSSR count). The molecule has 0 fully saturated rings. The van der Waals surface area contributed by atoms with E-state index in [0.29, 0.717) is 17.2 Å². The summed E-state index contributed by atoms with van der Waals surface area (Å²) >= 11 is 8.74. The highest BCUT2D eigenvalue weighted by Crippen LogP contribution is 2.29. The summed E-state index contributed by atoms with van der Waals surface area (Å²) < 4.78 is 12.1. The Balaban J connectivity index is 1.47. The second-order valence-electron chi connectivity index (χ2n) is 7.74. The molecule has 0 bridgehead atoms. The van der Waals surface area contributed by atoms with Crippen LogP contribution in [0.2, 0.25) is 0 Å². The van der Waals surface area contributed by atoms with Crippen molar-refractivity contribution in [2.24, 2.45) is 0 Å². The number of aryl methyl sites for hydroxylation is 3. The number of benzene rings is 3. The molecule has 0 aliphatic heterocycles. The molecule has 6 nitrogen and oxygen atoms in total. The van der Waals surface area contributed by atoms with Crippen LogP contribution in [0.1, 0.15) is 27.0 Å². The van der Waals surface area contributed by atoms with Gasteiger partial charge in [-0.3, -0.25) is 10.1 Å². The van der Waals surface area contributed by atoms with Crippen LogP contribution in [0, 0.1) is 20.8 Å². The molecule has 0 spiro atoms. The van der Waals surface area contributed by atoms with Crippen molar-refractivity contribution in [2.45, 2.75) is 20.8 Å². The topological polar surface area (TPSA) is 76.4 Å². The fourth-order valence-corrected chi connectivity index (χ4v) is 4.48. The third-order valence-electron chi connectivity index (χ3n) is 5.13. The number of halogens is 1. The third kappa shape index (κ3) is 4.91. The molecule has 168 valence electrons. The number of rotatable bonds is 4. The predicted molar refractivity (Wildman–Crippen MR) is 138 cm³/mol. The van der Waals surface area contributed by atoms with Gasteiger partial charge in [-0.2, -0.15) is 0 Å². The van der Waals surface area contributed by atoms with Crippen molar-refractivity contribution in [3.8, 4) is 17.2 Å². The van der Waals surface area contributed by atoms with Crippen molar-refractivity contribution in [3.05, 3.63) is 75.3 Å². The van der Waals surface area contributed by atoms with Crippen LogP contribution in [0.15, 0.2) is 57.4 Å². The Morgan fingerprint density at radius 3 is 2.48 bits per heavy atom. The number of oxazole rings is 1. The van der Waals surface area contributed by atoms with Crippen molar-refractivity contribution in [1.29, 1.82) is 0 Å². The number of hydrogen-bond acceptors (Lipinski definition) is 5. The van der Waals surface area contributed by atoms with E-state index in [1.165, 1.54) is 7.11 Å². The molecular formula is C25H22BrN3O3S. The number of carbonyl (C=O) groups excluding carboxylic acids is 1. The largest absolute Gasteiger partial charge is 0.496 e. The van der Waals surface area contributed by atoms with Crippen LogP contribution in [0.4, 0.5) is 5.69 Å². The van der Waals surface area contributed by atoms with Gasteiger partial charge in [0, 0.05) is 15.7 Å². The summed E-state index contributed by atoms with van der Waals surface area (Å²) in [4.78, 5) is 17.4. The molecular weight excluding hydrogens is 502 g/mol. The zero-order chi connectivity index (χ0) is 23.7. The van der Waals surface area contributed by atoms with Crippen molar-refractivity contribution in [3.63, 3.8) is 0 Å². The Hall–Kier alpha value is -3.23. The lowest BCUT2D eigenvalue weighted by atomic mass is 10.1. The Morgan fingerprint density at radius 2 is 1.79 bits per heavy atom. The molecule has 0 aliphatic carbocycles. The highest BCUT2D eigenvalue weighted by molar-refractivity contribution is 9.10. The van der Waals surface area contributed by atoms with Gasteiger partial charge in [-0.15, -0.1) is 0 Å². The molecule has 0 radical (unpaired) electrons. The molecule has 1 heterocycles. The van der Waals surface area contributed by atoms with E-state index in [4.69, 9.17) is 21.4 Å². The summed E-state index contributed by atoms with van der Waals surface area (Å²) in [5.74, 6) is 0.701. The van der Waals surface area contributed by atoms with Gasteiger partial charge >= 0.3 is 0 Å². The number of aromatic nitrogens is 1. The predicted octanol–water partition coefficient (Wildman–Crippen LogP) is 6.32. The number of nitrogens with zero attached hydrogens (tertiary/aromatic N) is 1. The summed E-state index contributed by atoms with van der Waals surface area (Å²) in [5, 5.41) is 5.91. The van der Waals surface area contributed by atoms with Gasteiger partial charge in [-0.05, 0) is 92.1 Å². The minimum Gasteiger partial charge on any atom is -0.496 e. The van der Waals surface area contributed by atoms with Gasteiger partial charge in [0.25, 0.3) is 5.91 Å². The van der Waals surface area contributed by atoms with Crippen LogP contribution in [-0.2, 0) is 0 Å². The average Bonchev–Trinajstić information content (AvgIpc) is 3.18. The molecule has 4 aromatic rings. The molecule has 0 atom stereocenters. The highest BCUT2D eigenvalue weighted by Gasteiger charge is 2.17. The van der Waals surface area contributed by atoms with E-state index in [1.807, 2.05) is 57.2 Å². The summed E-state index contributed by atoms with van der Waals surface area (Å²) in [6.45, 7) is 5.92. The molecule has 8 heteroatoms.